The molecular weight excluding hydrogens is 323 g/mol. The van der Waals surface area contributed by atoms with E-state index in [1.165, 1.54) is 0 Å². The SMILES string of the molecule is Cn1c(SCC(=O)NC(=O)NC(C)(C)C)nnc1C(F)(F)F. The number of rotatable bonds is 3. The third kappa shape index (κ3) is 5.54. The van der Waals surface area contributed by atoms with Crippen molar-refractivity contribution in [3.05, 3.63) is 5.82 Å². The van der Waals surface area contributed by atoms with Crippen LogP contribution in [-0.2, 0) is 18.0 Å². The number of imide groups is 1. The van der Waals surface area contributed by atoms with Crippen LogP contribution in [0.15, 0.2) is 5.16 Å². The number of hydrogen-bond donors (Lipinski definition) is 2. The quantitative estimate of drug-likeness (QED) is 0.816. The molecule has 0 saturated carbocycles. The number of hydrogen-bond acceptors (Lipinski definition) is 5. The highest BCUT2D eigenvalue weighted by Gasteiger charge is 2.37. The van der Waals surface area contributed by atoms with E-state index in [2.05, 4.69) is 20.8 Å². The van der Waals surface area contributed by atoms with Crippen molar-refractivity contribution < 1.29 is 22.8 Å². The Morgan fingerprint density at radius 3 is 2.27 bits per heavy atom. The Kier molecular flexibility index (Phi) is 5.44. The molecular formula is C11H16F3N5O2S. The van der Waals surface area contributed by atoms with Crippen LogP contribution in [0.25, 0.3) is 0 Å². The Morgan fingerprint density at radius 1 is 1.23 bits per heavy atom. The summed E-state index contributed by atoms with van der Waals surface area (Å²) in [6.07, 6.45) is -4.62. The van der Waals surface area contributed by atoms with E-state index < -0.39 is 29.5 Å². The fraction of sp³-hybridized carbons (Fsp3) is 0.636. The molecule has 1 rings (SSSR count). The predicted octanol–water partition coefficient (Wildman–Crippen LogP) is 1.55. The van der Waals surface area contributed by atoms with Gasteiger partial charge in [0.1, 0.15) is 0 Å². The van der Waals surface area contributed by atoms with Crippen molar-refractivity contribution in [2.45, 2.75) is 37.6 Å². The number of amides is 3. The molecule has 0 atom stereocenters. The average molecular weight is 339 g/mol. The van der Waals surface area contributed by atoms with Gasteiger partial charge in [0.05, 0.1) is 5.75 Å². The smallest absolute Gasteiger partial charge is 0.333 e. The van der Waals surface area contributed by atoms with Gasteiger partial charge in [-0.15, -0.1) is 10.2 Å². The molecule has 0 saturated heterocycles. The number of urea groups is 1. The van der Waals surface area contributed by atoms with Gasteiger partial charge in [0.25, 0.3) is 0 Å². The van der Waals surface area contributed by atoms with Crippen molar-refractivity contribution >= 4 is 23.7 Å². The van der Waals surface area contributed by atoms with Crippen LogP contribution in [0.1, 0.15) is 26.6 Å². The van der Waals surface area contributed by atoms with Crippen molar-refractivity contribution in [3.63, 3.8) is 0 Å². The molecule has 0 unspecified atom stereocenters. The lowest BCUT2D eigenvalue weighted by Crippen LogP contribution is -2.48. The molecule has 0 aliphatic carbocycles. The summed E-state index contributed by atoms with van der Waals surface area (Å²) in [4.78, 5) is 23.0. The minimum Gasteiger partial charge on any atom is -0.333 e. The van der Waals surface area contributed by atoms with Crippen molar-refractivity contribution in [2.75, 3.05) is 5.75 Å². The molecule has 22 heavy (non-hydrogen) atoms. The minimum absolute atomic E-state index is 0.0706. The maximum Gasteiger partial charge on any atom is 0.451 e. The lowest BCUT2D eigenvalue weighted by molar-refractivity contribution is -0.147. The van der Waals surface area contributed by atoms with Crippen molar-refractivity contribution in [1.29, 1.82) is 0 Å². The molecule has 0 fully saturated rings. The summed E-state index contributed by atoms with van der Waals surface area (Å²) in [5.41, 5.74) is -0.511. The molecule has 0 aliphatic heterocycles. The van der Waals surface area contributed by atoms with E-state index >= 15 is 0 Å². The van der Waals surface area contributed by atoms with Gasteiger partial charge in [-0.1, -0.05) is 11.8 Å². The summed E-state index contributed by atoms with van der Waals surface area (Å²) >= 11 is 0.749. The molecule has 124 valence electrons. The van der Waals surface area contributed by atoms with Crippen LogP contribution < -0.4 is 10.6 Å². The number of aromatic nitrogens is 3. The Morgan fingerprint density at radius 2 is 1.82 bits per heavy atom. The molecule has 1 heterocycles. The number of carbonyl (C=O) groups excluding carboxylic acids is 2. The lowest BCUT2D eigenvalue weighted by atomic mass is 10.1. The van der Waals surface area contributed by atoms with Crippen LogP contribution in [0.3, 0.4) is 0 Å². The standard InChI is InChI=1S/C11H16F3N5O2S/c1-10(2,3)16-8(21)15-6(20)5-22-9-18-17-7(19(9)4)11(12,13)14/h5H2,1-4H3,(H2,15,16,20,21). The lowest BCUT2D eigenvalue weighted by Gasteiger charge is -2.20. The average Bonchev–Trinajstić information content (AvgIpc) is 2.64. The second-order valence-corrected chi connectivity index (χ2v) is 6.35. The van der Waals surface area contributed by atoms with E-state index in [0.717, 1.165) is 23.4 Å². The maximum absolute atomic E-state index is 12.5. The van der Waals surface area contributed by atoms with Gasteiger partial charge in [0.2, 0.25) is 11.7 Å². The summed E-state index contributed by atoms with van der Waals surface area (Å²) < 4.78 is 38.3. The largest absolute Gasteiger partial charge is 0.451 e. The molecule has 0 radical (unpaired) electrons. The summed E-state index contributed by atoms with van der Waals surface area (Å²) in [5, 5.41) is 10.9. The number of alkyl halides is 3. The minimum atomic E-state index is -4.62. The number of halogens is 3. The normalized spacial score (nSPS) is 12.1. The first-order chi connectivity index (χ1) is 9.90. The van der Waals surface area contributed by atoms with Crippen LogP contribution in [-0.4, -0.2) is 38.0 Å². The monoisotopic (exact) mass is 339 g/mol. The fourth-order valence-electron chi connectivity index (χ4n) is 1.35. The molecule has 0 aromatic carbocycles. The molecule has 3 amide bonds. The molecule has 2 N–H and O–H groups in total. The Labute approximate surface area is 129 Å². The molecule has 0 spiro atoms. The topological polar surface area (TPSA) is 88.9 Å². The van der Waals surface area contributed by atoms with Crippen molar-refractivity contribution in [3.8, 4) is 0 Å². The van der Waals surface area contributed by atoms with Gasteiger partial charge >= 0.3 is 12.2 Å². The van der Waals surface area contributed by atoms with Crippen molar-refractivity contribution in [2.24, 2.45) is 7.05 Å². The first-order valence-electron chi connectivity index (χ1n) is 6.11. The first kappa shape index (κ1) is 18.3. The highest BCUT2D eigenvalue weighted by atomic mass is 32.2. The van der Waals surface area contributed by atoms with Crippen LogP contribution in [0.2, 0.25) is 0 Å². The van der Waals surface area contributed by atoms with Gasteiger partial charge in [-0.2, -0.15) is 13.2 Å². The van der Waals surface area contributed by atoms with Gasteiger partial charge in [-0.05, 0) is 20.8 Å². The highest BCUT2D eigenvalue weighted by Crippen LogP contribution is 2.29. The fourth-order valence-corrected chi connectivity index (χ4v) is 2.06. The number of carbonyl (C=O) groups is 2. The van der Waals surface area contributed by atoms with Crippen LogP contribution >= 0.6 is 11.8 Å². The zero-order chi connectivity index (χ0) is 17.1. The van der Waals surface area contributed by atoms with E-state index in [0.29, 0.717) is 0 Å². The molecule has 0 aliphatic rings. The molecule has 1 aromatic heterocycles. The zero-order valence-corrected chi connectivity index (χ0v) is 13.2. The summed E-state index contributed by atoms with van der Waals surface area (Å²) in [5.74, 6) is -2.06. The summed E-state index contributed by atoms with van der Waals surface area (Å²) in [7, 11) is 1.15. The molecule has 0 bridgehead atoms. The third-order valence-corrected chi connectivity index (χ3v) is 3.18. The Hall–Kier alpha value is -1.78. The van der Waals surface area contributed by atoms with Gasteiger partial charge in [0.15, 0.2) is 5.16 Å². The third-order valence-electron chi connectivity index (χ3n) is 2.16. The van der Waals surface area contributed by atoms with Gasteiger partial charge in [0, 0.05) is 12.6 Å². The predicted molar refractivity (Wildman–Crippen MR) is 73.2 cm³/mol. The van der Waals surface area contributed by atoms with Gasteiger partial charge in [-0.3, -0.25) is 10.1 Å². The second-order valence-electron chi connectivity index (χ2n) is 5.40. The van der Waals surface area contributed by atoms with Gasteiger partial charge in [-0.25, -0.2) is 4.79 Å². The Bertz CT molecular complexity index is 565. The van der Waals surface area contributed by atoms with Crippen LogP contribution in [0.4, 0.5) is 18.0 Å². The molecule has 7 nitrogen and oxygen atoms in total. The molecule has 11 heteroatoms. The van der Waals surface area contributed by atoms with E-state index in [1.807, 2.05) is 0 Å². The van der Waals surface area contributed by atoms with Crippen molar-refractivity contribution in [1.82, 2.24) is 25.4 Å². The van der Waals surface area contributed by atoms with Gasteiger partial charge < -0.3 is 9.88 Å². The summed E-state index contributed by atoms with van der Waals surface area (Å²) in [6.45, 7) is 5.22. The van der Waals surface area contributed by atoms with E-state index in [1.54, 1.807) is 20.8 Å². The van der Waals surface area contributed by atoms with E-state index in [4.69, 9.17) is 0 Å². The zero-order valence-electron chi connectivity index (χ0n) is 12.4. The van der Waals surface area contributed by atoms with Crippen LogP contribution in [0, 0.1) is 0 Å². The summed E-state index contributed by atoms with van der Waals surface area (Å²) in [6, 6.07) is -0.674. The van der Waals surface area contributed by atoms with Crippen LogP contribution in [0.5, 0.6) is 0 Å². The van der Waals surface area contributed by atoms with E-state index in [-0.39, 0.29) is 10.9 Å². The number of thioether (sulfide) groups is 1. The number of nitrogens with zero attached hydrogens (tertiary/aromatic N) is 3. The van der Waals surface area contributed by atoms with E-state index in [9.17, 15) is 22.8 Å². The Balaban J connectivity index is 2.55. The molecule has 1 aromatic rings. The number of nitrogens with one attached hydrogen (secondary N) is 2. The highest BCUT2D eigenvalue weighted by molar-refractivity contribution is 7.99. The maximum atomic E-state index is 12.5. The second kappa shape index (κ2) is 6.55. The first-order valence-corrected chi connectivity index (χ1v) is 7.10.